The number of benzene rings is 1. The summed E-state index contributed by atoms with van der Waals surface area (Å²) in [6.07, 6.45) is 14.5. The summed E-state index contributed by atoms with van der Waals surface area (Å²) in [7, 11) is 0. The van der Waals surface area contributed by atoms with Crippen LogP contribution in [0.1, 0.15) is 90.5 Å². The molecule has 0 amide bonds. The minimum Gasteiger partial charge on any atom is -0.466 e. The average Bonchev–Trinajstić information content (AvgIpc) is 3.49. The number of anilines is 1. The Morgan fingerprint density at radius 1 is 0.854 bits per heavy atom. The molecule has 4 saturated carbocycles. The van der Waals surface area contributed by atoms with Crippen LogP contribution in [-0.4, -0.2) is 88.3 Å². The maximum absolute atomic E-state index is 14.3. The summed E-state index contributed by atoms with van der Waals surface area (Å²) < 4.78 is 12.6. The second kappa shape index (κ2) is 13.0. The van der Waals surface area contributed by atoms with Crippen LogP contribution in [0.25, 0.3) is 11.0 Å². The van der Waals surface area contributed by atoms with Crippen molar-refractivity contribution < 1.29 is 19.1 Å². The third kappa shape index (κ3) is 5.74. The third-order valence-corrected chi connectivity index (χ3v) is 13.0. The molecule has 10 nitrogen and oxygen atoms in total. The molecule has 5 atom stereocenters. The molecular weight excluding hydrogens is 606 g/mol. The number of nitrogens with one attached hydrogen (secondary N) is 1. The van der Waals surface area contributed by atoms with Gasteiger partial charge in [0, 0.05) is 49.8 Å². The van der Waals surface area contributed by atoms with Gasteiger partial charge in [-0.3, -0.25) is 24.2 Å². The van der Waals surface area contributed by atoms with Gasteiger partial charge in [-0.05, 0) is 108 Å². The van der Waals surface area contributed by atoms with Crippen molar-refractivity contribution in [3.05, 3.63) is 34.6 Å². The smallest absolute Gasteiger partial charge is 0.311 e. The number of carbonyl (C=O) groups is 2. The zero-order chi connectivity index (χ0) is 33.0. The van der Waals surface area contributed by atoms with Gasteiger partial charge in [-0.2, -0.15) is 0 Å². The van der Waals surface area contributed by atoms with Crippen LogP contribution in [0.3, 0.4) is 0 Å². The number of hydrogen-bond acceptors (Lipinski definition) is 9. The van der Waals surface area contributed by atoms with Crippen LogP contribution >= 0.6 is 0 Å². The zero-order valence-electron chi connectivity index (χ0n) is 28.8. The van der Waals surface area contributed by atoms with Gasteiger partial charge in [0.05, 0.1) is 36.1 Å². The van der Waals surface area contributed by atoms with Crippen LogP contribution in [0.5, 0.6) is 0 Å². The number of nitrogens with zero attached hydrogens (tertiary/aromatic N) is 4. The molecule has 0 spiro atoms. The molecule has 10 heteroatoms. The lowest BCUT2D eigenvalue weighted by Gasteiger charge is -2.66. The highest BCUT2D eigenvalue weighted by atomic mass is 16.5. The first-order valence-electron chi connectivity index (χ1n) is 18.9. The molecule has 3 saturated heterocycles. The Bertz CT molecular complexity index is 1520. The first-order valence-corrected chi connectivity index (χ1v) is 18.9. The van der Waals surface area contributed by atoms with Gasteiger partial charge in [0.1, 0.15) is 0 Å². The van der Waals surface area contributed by atoms with Gasteiger partial charge in [-0.15, -0.1) is 0 Å². The van der Waals surface area contributed by atoms with Gasteiger partial charge in [-0.1, -0.05) is 18.6 Å². The molecule has 2 aromatic rings. The van der Waals surface area contributed by atoms with Crippen molar-refractivity contribution in [1.29, 1.82) is 0 Å². The number of fused-ring (bicyclic) bond motifs is 3. The summed E-state index contributed by atoms with van der Waals surface area (Å²) in [4.78, 5) is 49.7. The van der Waals surface area contributed by atoms with Crippen LogP contribution in [0.15, 0.2) is 29.1 Å². The van der Waals surface area contributed by atoms with Crippen LogP contribution < -0.4 is 10.9 Å². The molecule has 0 radical (unpaired) electrons. The topological polar surface area (TPSA) is 106 Å². The van der Waals surface area contributed by atoms with Gasteiger partial charge in [0.25, 0.3) is 5.56 Å². The highest BCUT2D eigenvalue weighted by molar-refractivity contribution is 5.83. The Hall–Kier alpha value is -2.98. The van der Waals surface area contributed by atoms with Gasteiger partial charge in [-0.25, -0.2) is 4.98 Å². The third-order valence-electron chi connectivity index (χ3n) is 13.0. The highest BCUT2D eigenvalue weighted by Gasteiger charge is 2.58. The molecule has 1 N–H and O–H groups in total. The molecule has 1 aromatic heterocycles. The van der Waals surface area contributed by atoms with E-state index in [1.165, 1.54) is 57.8 Å². The van der Waals surface area contributed by atoms with Gasteiger partial charge in [0.2, 0.25) is 0 Å². The lowest BCUT2D eigenvalue weighted by Crippen LogP contribution is -2.68. The largest absolute Gasteiger partial charge is 0.466 e. The molecule has 9 rings (SSSR count). The molecule has 3 aliphatic heterocycles. The first-order chi connectivity index (χ1) is 23.4. The monoisotopic (exact) mass is 659 g/mol. The Labute approximate surface area is 283 Å². The van der Waals surface area contributed by atoms with Gasteiger partial charge < -0.3 is 19.4 Å². The van der Waals surface area contributed by atoms with E-state index in [2.05, 4.69) is 25.8 Å². The van der Waals surface area contributed by atoms with E-state index in [-0.39, 0.29) is 36.8 Å². The van der Waals surface area contributed by atoms with E-state index < -0.39 is 11.8 Å². The molecule has 0 unspecified atom stereocenters. The Kier molecular flexibility index (Phi) is 8.76. The molecule has 48 heavy (non-hydrogen) atoms. The maximum atomic E-state index is 14.3. The molecule has 7 fully saturated rings. The first kappa shape index (κ1) is 32.2. The highest BCUT2D eigenvalue weighted by Crippen LogP contribution is 2.60. The molecule has 6 bridgehead atoms. The molecule has 4 heterocycles. The van der Waals surface area contributed by atoms with Crippen molar-refractivity contribution in [3.63, 3.8) is 0 Å². The number of para-hydroxylation sites is 2. The van der Waals surface area contributed by atoms with Crippen molar-refractivity contribution in [3.8, 4) is 0 Å². The average molecular weight is 660 g/mol. The molecule has 4 aliphatic carbocycles. The van der Waals surface area contributed by atoms with Crippen molar-refractivity contribution in [2.24, 2.45) is 29.6 Å². The van der Waals surface area contributed by atoms with Gasteiger partial charge >= 0.3 is 11.9 Å². The number of ether oxygens (including phenoxy) is 2. The van der Waals surface area contributed by atoms with E-state index in [0.29, 0.717) is 49.6 Å². The quantitative estimate of drug-likeness (QED) is 0.353. The summed E-state index contributed by atoms with van der Waals surface area (Å²) in [5.74, 6) is 1.36. The number of carbonyl (C=O) groups excluding carboxylic acids is 2. The SMILES string of the molecule is CCOC(=O)[C@@H]1CN(CCNc2nc3ccccc3n([C@H]3C[C@H]4CCC[C@@H](C3)N4C34CC5CC(CC(C5)C3)C4)c2=O)C[C@H]1C(=O)OCC. The van der Waals surface area contributed by atoms with E-state index in [4.69, 9.17) is 14.5 Å². The minimum atomic E-state index is -0.552. The van der Waals surface area contributed by atoms with E-state index in [1.807, 2.05) is 18.2 Å². The lowest BCUT2D eigenvalue weighted by atomic mass is 9.51. The summed E-state index contributed by atoms with van der Waals surface area (Å²) >= 11 is 0. The van der Waals surface area contributed by atoms with Crippen molar-refractivity contribution in [2.75, 3.05) is 44.7 Å². The normalized spacial score (nSPS) is 36.0. The van der Waals surface area contributed by atoms with Crippen molar-refractivity contribution in [1.82, 2.24) is 19.4 Å². The van der Waals surface area contributed by atoms with Crippen molar-refractivity contribution in [2.45, 2.75) is 108 Å². The van der Waals surface area contributed by atoms with Crippen LogP contribution in [0.4, 0.5) is 5.82 Å². The second-order valence-corrected chi connectivity index (χ2v) is 15.9. The summed E-state index contributed by atoms with van der Waals surface area (Å²) in [5, 5.41) is 3.37. The fraction of sp³-hybridized carbons (Fsp3) is 0.737. The van der Waals surface area contributed by atoms with Gasteiger partial charge in [0.15, 0.2) is 5.82 Å². The molecular formula is C38H53N5O5. The fourth-order valence-corrected chi connectivity index (χ4v) is 11.7. The number of aromatic nitrogens is 2. The molecule has 7 aliphatic rings. The molecule has 260 valence electrons. The zero-order valence-corrected chi connectivity index (χ0v) is 28.8. The van der Waals surface area contributed by atoms with Crippen molar-refractivity contribution >= 4 is 28.8 Å². The van der Waals surface area contributed by atoms with E-state index >= 15 is 0 Å². The number of piperidine rings is 2. The number of hydrogen-bond donors (Lipinski definition) is 1. The Morgan fingerprint density at radius 3 is 2.02 bits per heavy atom. The second-order valence-electron chi connectivity index (χ2n) is 15.9. The molecule has 1 aromatic carbocycles. The summed E-state index contributed by atoms with van der Waals surface area (Å²) in [6, 6.07) is 9.33. The number of esters is 2. The Morgan fingerprint density at radius 2 is 1.44 bits per heavy atom. The Balaban J connectivity index is 1.00. The predicted octanol–water partition coefficient (Wildman–Crippen LogP) is 5.01. The van der Waals surface area contributed by atoms with Crippen LogP contribution in [0.2, 0.25) is 0 Å². The number of likely N-dealkylation sites (tertiary alicyclic amines) is 1. The fourth-order valence-electron chi connectivity index (χ4n) is 11.7. The van der Waals surface area contributed by atoms with Crippen LogP contribution in [0, 0.1) is 29.6 Å². The maximum Gasteiger partial charge on any atom is 0.311 e. The predicted molar refractivity (Wildman–Crippen MR) is 184 cm³/mol. The minimum absolute atomic E-state index is 0.0461. The van der Waals surface area contributed by atoms with Crippen LogP contribution in [-0.2, 0) is 19.1 Å². The van der Waals surface area contributed by atoms with E-state index in [1.54, 1.807) is 13.8 Å². The summed E-state index contributed by atoms with van der Waals surface area (Å²) in [5.41, 5.74) is 2.12. The summed E-state index contributed by atoms with van der Waals surface area (Å²) in [6.45, 7) is 5.97. The standard InChI is InChI=1S/C38H53N5O5/c1-3-47-36(45)30-22-41(23-31(30)37(46)48-4-2)13-12-39-34-35(44)42(33-11-6-5-10-32(33)40-34)29-17-27-8-7-9-28(18-29)43(27)38-19-24-14-25(20-38)16-26(15-24)21-38/h5-6,10-11,24-31H,3-4,7-9,12-23H2,1-2H3,(H,39,40)/t24?,25?,26?,27-,28+,29+,30-,31-,38?/m1/s1. The van der Waals surface area contributed by atoms with E-state index in [9.17, 15) is 14.4 Å². The number of rotatable bonds is 10. The van der Waals surface area contributed by atoms with E-state index in [0.717, 1.165) is 41.6 Å². The lowest BCUT2D eigenvalue weighted by molar-refractivity contribution is -0.157.